The van der Waals surface area contributed by atoms with Gasteiger partial charge in [0.25, 0.3) is 0 Å². The highest BCUT2D eigenvalue weighted by atomic mass is 14.2. The Hall–Kier alpha value is -1.56. The molecule has 0 heterocycles. The third kappa shape index (κ3) is 2.58. The standard InChI is InChI=1S/C17H20/c1-13-8-7-10-16(14(13)2)15-9-5-6-11-17(3,4)12-15/h5-12H,1-4H3. The van der Waals surface area contributed by atoms with Crippen LogP contribution in [0, 0.1) is 19.3 Å². The predicted molar refractivity (Wildman–Crippen MR) is 76.0 cm³/mol. The normalized spacial score (nSPS) is 17.8. The minimum absolute atomic E-state index is 0.120. The van der Waals surface area contributed by atoms with Crippen molar-refractivity contribution in [2.75, 3.05) is 0 Å². The second kappa shape index (κ2) is 4.37. The van der Waals surface area contributed by atoms with Crippen LogP contribution in [0.3, 0.4) is 0 Å². The smallest absolute Gasteiger partial charge is 0.00167 e. The fourth-order valence-corrected chi connectivity index (χ4v) is 2.19. The zero-order valence-corrected chi connectivity index (χ0v) is 11.1. The van der Waals surface area contributed by atoms with E-state index in [-0.39, 0.29) is 5.41 Å². The Morgan fingerprint density at radius 1 is 1.00 bits per heavy atom. The molecule has 0 nitrogen and oxygen atoms in total. The van der Waals surface area contributed by atoms with Crippen LogP contribution >= 0.6 is 0 Å². The molecule has 88 valence electrons. The van der Waals surface area contributed by atoms with Crippen LogP contribution < -0.4 is 0 Å². The van der Waals surface area contributed by atoms with Crippen molar-refractivity contribution >= 4 is 5.57 Å². The quantitative estimate of drug-likeness (QED) is 0.640. The summed E-state index contributed by atoms with van der Waals surface area (Å²) in [6.07, 6.45) is 11.0. The van der Waals surface area contributed by atoms with Gasteiger partial charge < -0.3 is 0 Å². The lowest BCUT2D eigenvalue weighted by molar-refractivity contribution is 0.629. The van der Waals surface area contributed by atoms with Gasteiger partial charge >= 0.3 is 0 Å². The summed E-state index contributed by atoms with van der Waals surface area (Å²) >= 11 is 0. The number of hydrogen-bond donors (Lipinski definition) is 0. The number of rotatable bonds is 1. The van der Waals surface area contributed by atoms with Crippen LogP contribution in [-0.2, 0) is 0 Å². The molecule has 0 aromatic heterocycles. The van der Waals surface area contributed by atoms with Gasteiger partial charge in [0.1, 0.15) is 0 Å². The number of aryl methyl sites for hydroxylation is 1. The molecule has 0 fully saturated rings. The van der Waals surface area contributed by atoms with E-state index in [9.17, 15) is 0 Å². The fraction of sp³-hybridized carbons (Fsp3) is 0.294. The second-order valence-corrected chi connectivity index (χ2v) is 5.39. The van der Waals surface area contributed by atoms with Crippen molar-refractivity contribution in [1.29, 1.82) is 0 Å². The van der Waals surface area contributed by atoms with E-state index in [4.69, 9.17) is 0 Å². The van der Waals surface area contributed by atoms with Gasteiger partial charge in [0.2, 0.25) is 0 Å². The largest absolute Gasteiger partial charge is 0.0751 e. The maximum atomic E-state index is 2.34. The first-order chi connectivity index (χ1) is 7.99. The fourth-order valence-electron chi connectivity index (χ4n) is 2.19. The van der Waals surface area contributed by atoms with Crippen LogP contribution in [0.5, 0.6) is 0 Å². The zero-order chi connectivity index (χ0) is 12.5. The van der Waals surface area contributed by atoms with Crippen molar-refractivity contribution in [2.24, 2.45) is 5.41 Å². The molecular formula is C17H20. The number of allylic oxidation sites excluding steroid dienone is 6. The zero-order valence-electron chi connectivity index (χ0n) is 11.1. The van der Waals surface area contributed by atoms with Crippen molar-refractivity contribution in [3.8, 4) is 0 Å². The molecule has 0 saturated heterocycles. The maximum absolute atomic E-state index is 2.34. The molecular weight excluding hydrogens is 204 g/mol. The van der Waals surface area contributed by atoms with Crippen molar-refractivity contribution < 1.29 is 0 Å². The van der Waals surface area contributed by atoms with E-state index in [0.717, 1.165) is 0 Å². The van der Waals surface area contributed by atoms with E-state index in [2.05, 4.69) is 76.3 Å². The highest BCUT2D eigenvalue weighted by Crippen LogP contribution is 2.30. The Morgan fingerprint density at radius 3 is 2.53 bits per heavy atom. The Bertz CT molecular complexity index is 511. The molecule has 0 spiro atoms. The van der Waals surface area contributed by atoms with E-state index < -0.39 is 0 Å². The molecule has 0 N–H and O–H groups in total. The van der Waals surface area contributed by atoms with Crippen LogP contribution in [0.15, 0.2) is 48.6 Å². The molecule has 0 amide bonds. The van der Waals surface area contributed by atoms with Gasteiger partial charge in [0.15, 0.2) is 0 Å². The molecule has 1 aromatic rings. The highest BCUT2D eigenvalue weighted by Gasteiger charge is 2.14. The van der Waals surface area contributed by atoms with E-state index in [0.29, 0.717) is 0 Å². The first-order valence-corrected chi connectivity index (χ1v) is 6.15. The summed E-state index contributed by atoms with van der Waals surface area (Å²) < 4.78 is 0. The van der Waals surface area contributed by atoms with Crippen molar-refractivity contribution in [3.63, 3.8) is 0 Å². The third-order valence-electron chi connectivity index (χ3n) is 3.36. The van der Waals surface area contributed by atoms with E-state index in [1.165, 1.54) is 22.3 Å². The molecule has 0 heteroatoms. The first-order valence-electron chi connectivity index (χ1n) is 6.15. The molecule has 0 bridgehead atoms. The molecule has 0 atom stereocenters. The van der Waals surface area contributed by atoms with Crippen molar-refractivity contribution in [1.82, 2.24) is 0 Å². The van der Waals surface area contributed by atoms with Gasteiger partial charge in [0, 0.05) is 5.41 Å². The average molecular weight is 224 g/mol. The molecule has 17 heavy (non-hydrogen) atoms. The summed E-state index contributed by atoms with van der Waals surface area (Å²) in [6.45, 7) is 8.84. The molecule has 1 aliphatic rings. The molecule has 0 radical (unpaired) electrons. The summed E-state index contributed by atoms with van der Waals surface area (Å²) in [5, 5.41) is 0. The highest BCUT2D eigenvalue weighted by molar-refractivity contribution is 5.78. The van der Waals surface area contributed by atoms with Gasteiger partial charge in [-0.3, -0.25) is 0 Å². The summed E-state index contributed by atoms with van der Waals surface area (Å²) in [4.78, 5) is 0. The lowest BCUT2D eigenvalue weighted by Crippen LogP contribution is -2.03. The summed E-state index contributed by atoms with van der Waals surface area (Å²) in [7, 11) is 0. The molecule has 0 aliphatic heterocycles. The van der Waals surface area contributed by atoms with Gasteiger partial charge in [-0.2, -0.15) is 0 Å². The van der Waals surface area contributed by atoms with Gasteiger partial charge in [-0.25, -0.2) is 0 Å². The minimum atomic E-state index is 0.120. The Balaban J connectivity index is 2.54. The Morgan fingerprint density at radius 2 is 1.76 bits per heavy atom. The van der Waals surface area contributed by atoms with E-state index in [1.54, 1.807) is 0 Å². The molecule has 2 rings (SSSR count). The van der Waals surface area contributed by atoms with Gasteiger partial charge in [-0.15, -0.1) is 0 Å². The monoisotopic (exact) mass is 224 g/mol. The van der Waals surface area contributed by atoms with Gasteiger partial charge in [-0.1, -0.05) is 62.4 Å². The first kappa shape index (κ1) is 11.9. The van der Waals surface area contributed by atoms with Crippen LogP contribution in [0.4, 0.5) is 0 Å². The number of benzene rings is 1. The van der Waals surface area contributed by atoms with Crippen LogP contribution in [-0.4, -0.2) is 0 Å². The van der Waals surface area contributed by atoms with Gasteiger partial charge in [-0.05, 0) is 36.1 Å². The van der Waals surface area contributed by atoms with Crippen molar-refractivity contribution in [2.45, 2.75) is 27.7 Å². The molecule has 1 aliphatic carbocycles. The van der Waals surface area contributed by atoms with Crippen molar-refractivity contribution in [3.05, 3.63) is 65.3 Å². The topological polar surface area (TPSA) is 0 Å². The second-order valence-electron chi connectivity index (χ2n) is 5.39. The van der Waals surface area contributed by atoms with Gasteiger partial charge in [0.05, 0.1) is 0 Å². The SMILES string of the molecule is Cc1cccc(C2=CC(C)(C)C=CC=C2)c1C. The predicted octanol–water partition coefficient (Wildman–Crippen LogP) is 4.84. The number of hydrogen-bond acceptors (Lipinski definition) is 0. The average Bonchev–Trinajstić information content (AvgIpc) is 2.43. The van der Waals surface area contributed by atoms with E-state index in [1.807, 2.05) is 0 Å². The molecule has 1 aromatic carbocycles. The summed E-state index contributed by atoms with van der Waals surface area (Å²) in [5.74, 6) is 0. The lowest BCUT2D eigenvalue weighted by atomic mass is 9.88. The molecule has 0 saturated carbocycles. The lowest BCUT2D eigenvalue weighted by Gasteiger charge is -2.17. The van der Waals surface area contributed by atoms with E-state index >= 15 is 0 Å². The third-order valence-corrected chi connectivity index (χ3v) is 3.36. The van der Waals surface area contributed by atoms with Crippen LogP contribution in [0.25, 0.3) is 5.57 Å². The molecule has 0 unspecified atom stereocenters. The van der Waals surface area contributed by atoms with Crippen LogP contribution in [0.2, 0.25) is 0 Å². The summed E-state index contributed by atoms with van der Waals surface area (Å²) in [5.41, 5.74) is 5.52. The minimum Gasteiger partial charge on any atom is -0.0751 e. The maximum Gasteiger partial charge on any atom is 0.00167 e. The summed E-state index contributed by atoms with van der Waals surface area (Å²) in [6, 6.07) is 6.51. The Labute approximate surface area is 104 Å². The Kier molecular flexibility index (Phi) is 3.06. The van der Waals surface area contributed by atoms with Crippen LogP contribution in [0.1, 0.15) is 30.5 Å².